The Balaban J connectivity index is 0.000000667. The van der Waals surface area contributed by atoms with Crippen molar-refractivity contribution in [1.82, 2.24) is 0 Å². The minimum Gasteiger partial charge on any atom is -0.380 e. The lowest BCUT2D eigenvalue weighted by Crippen LogP contribution is -2.27. The molecule has 0 bridgehead atoms. The van der Waals surface area contributed by atoms with Gasteiger partial charge in [0, 0.05) is 19.1 Å². The number of aliphatic imine (C=N–C) groups is 1. The normalized spacial score (nSPS) is 23.1. The van der Waals surface area contributed by atoms with Crippen LogP contribution < -0.4 is 5.32 Å². The van der Waals surface area contributed by atoms with Crippen molar-refractivity contribution >= 4 is 17.1 Å². The minimum absolute atomic E-state index is 0. The Morgan fingerprint density at radius 3 is 2.53 bits per heavy atom. The highest BCUT2D eigenvalue weighted by atomic mass is 15.0. The van der Waals surface area contributed by atoms with Crippen LogP contribution in [-0.4, -0.2) is 11.8 Å². The molecule has 1 fully saturated rings. The summed E-state index contributed by atoms with van der Waals surface area (Å²) in [5.41, 5.74) is 3.60. The third-order valence-corrected chi connectivity index (χ3v) is 3.59. The van der Waals surface area contributed by atoms with Gasteiger partial charge in [-0.25, -0.2) is 0 Å². The number of rotatable bonds is 0. The van der Waals surface area contributed by atoms with Crippen LogP contribution in [-0.2, 0) is 0 Å². The number of hydrogen-bond acceptors (Lipinski definition) is 2. The first kappa shape index (κ1) is 15.7. The summed E-state index contributed by atoms with van der Waals surface area (Å²) < 4.78 is 0. The molecule has 2 atom stereocenters. The van der Waals surface area contributed by atoms with E-state index < -0.39 is 0 Å². The largest absolute Gasteiger partial charge is 0.380 e. The molecule has 0 saturated heterocycles. The summed E-state index contributed by atoms with van der Waals surface area (Å²) in [5, 5.41) is 3.64. The maximum absolute atomic E-state index is 4.74. The van der Waals surface area contributed by atoms with Gasteiger partial charge >= 0.3 is 0 Å². The molecule has 1 saturated carbocycles. The highest BCUT2D eigenvalue weighted by molar-refractivity contribution is 5.91. The fourth-order valence-electron chi connectivity index (χ4n) is 2.80. The Bertz CT molecular complexity index is 415. The van der Waals surface area contributed by atoms with E-state index in [1.165, 1.54) is 30.7 Å². The number of nitrogens with zero attached hydrogens (tertiary/aromatic N) is 1. The van der Waals surface area contributed by atoms with Crippen molar-refractivity contribution in [3.05, 3.63) is 24.3 Å². The standard InChI is InChI=1S/C13H16N2.2C2H6.H2/c1-9-10-5-4-8-11(10)15-13-7-3-2-6-12(13)14-9;2*1-2;/h2-3,6-7,10-11,15H,4-5,8H2,1H3;2*1-2H3;1H/i;;;1+2. The van der Waals surface area contributed by atoms with Crippen LogP contribution in [0, 0.1) is 5.92 Å². The molecule has 1 heterocycles. The summed E-state index contributed by atoms with van der Waals surface area (Å²) in [6.45, 7) is 10.2. The molecule has 1 aromatic rings. The van der Waals surface area contributed by atoms with Crippen molar-refractivity contribution in [2.24, 2.45) is 10.9 Å². The molecule has 2 heteroatoms. The van der Waals surface area contributed by atoms with E-state index in [2.05, 4.69) is 36.5 Å². The van der Waals surface area contributed by atoms with Gasteiger partial charge in [0.05, 0.1) is 11.4 Å². The van der Waals surface area contributed by atoms with E-state index in [4.69, 9.17) is 4.99 Å². The Kier molecular flexibility index (Phi) is 6.61. The second kappa shape index (κ2) is 7.98. The van der Waals surface area contributed by atoms with Crippen molar-refractivity contribution in [3.63, 3.8) is 0 Å². The van der Waals surface area contributed by atoms with Crippen LogP contribution in [0.3, 0.4) is 0 Å². The van der Waals surface area contributed by atoms with Crippen molar-refractivity contribution in [2.75, 3.05) is 5.32 Å². The lowest BCUT2D eigenvalue weighted by Gasteiger charge is -2.18. The van der Waals surface area contributed by atoms with Crippen molar-refractivity contribution in [3.8, 4) is 0 Å². The van der Waals surface area contributed by atoms with E-state index in [1.54, 1.807) is 0 Å². The molecule has 1 N–H and O–H groups in total. The predicted octanol–water partition coefficient (Wildman–Crippen LogP) is 5.67. The molecule has 3 rings (SSSR count). The second-order valence-electron chi connectivity index (χ2n) is 4.56. The summed E-state index contributed by atoms with van der Waals surface area (Å²) in [6, 6.07) is 8.96. The molecule has 0 spiro atoms. The molecule has 19 heavy (non-hydrogen) atoms. The summed E-state index contributed by atoms with van der Waals surface area (Å²) in [4.78, 5) is 4.74. The Morgan fingerprint density at radius 2 is 1.79 bits per heavy atom. The third-order valence-electron chi connectivity index (χ3n) is 3.59. The van der Waals surface area contributed by atoms with E-state index in [0.717, 1.165) is 5.69 Å². The number of benzene rings is 1. The Hall–Kier alpha value is -1.31. The topological polar surface area (TPSA) is 24.4 Å². The minimum atomic E-state index is 0. The summed E-state index contributed by atoms with van der Waals surface area (Å²) in [5.74, 6) is 0.650. The van der Waals surface area contributed by atoms with Gasteiger partial charge in [-0.1, -0.05) is 46.2 Å². The first-order chi connectivity index (χ1) is 9.34. The fraction of sp³-hybridized carbons (Fsp3) is 0.588. The van der Waals surface area contributed by atoms with Crippen LogP contribution in [0.2, 0.25) is 0 Å². The van der Waals surface area contributed by atoms with Gasteiger partial charge in [-0.05, 0) is 31.9 Å². The first-order valence-corrected chi connectivity index (χ1v) is 7.75. The summed E-state index contributed by atoms with van der Waals surface area (Å²) in [7, 11) is 0. The van der Waals surface area contributed by atoms with E-state index in [1.807, 2.05) is 27.7 Å². The molecule has 2 unspecified atom stereocenters. The Morgan fingerprint density at radius 1 is 1.11 bits per heavy atom. The summed E-state index contributed by atoms with van der Waals surface area (Å²) in [6.07, 6.45) is 3.91. The van der Waals surface area contributed by atoms with Gasteiger partial charge in [0.2, 0.25) is 0 Å². The van der Waals surface area contributed by atoms with Gasteiger partial charge in [-0.2, -0.15) is 0 Å². The van der Waals surface area contributed by atoms with Gasteiger partial charge in [-0.15, -0.1) is 0 Å². The zero-order valence-electron chi connectivity index (χ0n) is 13.0. The molecule has 2 nitrogen and oxygen atoms in total. The van der Waals surface area contributed by atoms with Gasteiger partial charge < -0.3 is 5.32 Å². The average Bonchev–Trinajstić information content (AvgIpc) is 2.89. The number of hydrogen-bond donors (Lipinski definition) is 1. The SMILES string of the molecule is CC.CC.CC1=Nc2ccccc2NC2CCCC12.[3HH]. The quantitative estimate of drug-likeness (QED) is 0.641. The van der Waals surface area contributed by atoms with Gasteiger partial charge in [-0.3, -0.25) is 4.99 Å². The van der Waals surface area contributed by atoms with Crippen LogP contribution >= 0.6 is 0 Å². The zero-order chi connectivity index (χ0) is 14.3. The van der Waals surface area contributed by atoms with Gasteiger partial charge in [0.1, 0.15) is 0 Å². The van der Waals surface area contributed by atoms with Crippen molar-refractivity contribution < 1.29 is 1.43 Å². The number of nitrogens with one attached hydrogen (secondary N) is 1. The maximum atomic E-state index is 4.74. The first-order valence-electron chi connectivity index (χ1n) is 7.75. The molecule has 1 aliphatic carbocycles. The fourth-order valence-corrected chi connectivity index (χ4v) is 2.80. The molecule has 0 amide bonds. The van der Waals surface area contributed by atoms with Crippen molar-refractivity contribution in [1.29, 1.82) is 0 Å². The number of anilines is 1. The smallest absolute Gasteiger partial charge is 0.0860 e. The predicted molar refractivity (Wildman–Crippen MR) is 88.8 cm³/mol. The van der Waals surface area contributed by atoms with Crippen molar-refractivity contribution in [2.45, 2.75) is 59.9 Å². The molecule has 0 aromatic heterocycles. The van der Waals surface area contributed by atoms with E-state index in [0.29, 0.717) is 12.0 Å². The molecule has 1 aliphatic heterocycles. The molecular formula is C17H30N2. The summed E-state index contributed by atoms with van der Waals surface area (Å²) >= 11 is 0. The van der Waals surface area contributed by atoms with Crippen LogP contribution in [0.4, 0.5) is 11.4 Å². The number of fused-ring (bicyclic) bond motifs is 2. The second-order valence-corrected chi connectivity index (χ2v) is 4.56. The lowest BCUT2D eigenvalue weighted by molar-refractivity contribution is 0.653. The van der Waals surface area contributed by atoms with E-state index >= 15 is 0 Å². The van der Waals surface area contributed by atoms with Crippen LogP contribution in [0.5, 0.6) is 0 Å². The highest BCUT2D eigenvalue weighted by Gasteiger charge is 2.31. The Labute approximate surface area is 119 Å². The van der Waals surface area contributed by atoms with Crippen LogP contribution in [0.1, 0.15) is 55.3 Å². The van der Waals surface area contributed by atoms with E-state index in [9.17, 15) is 0 Å². The molecule has 0 radical (unpaired) electrons. The zero-order valence-corrected chi connectivity index (χ0v) is 13.0. The van der Waals surface area contributed by atoms with E-state index in [-0.39, 0.29) is 1.43 Å². The molecular weight excluding hydrogens is 232 g/mol. The highest BCUT2D eigenvalue weighted by Crippen LogP contribution is 2.36. The monoisotopic (exact) mass is 264 g/mol. The molecule has 2 aliphatic rings. The average molecular weight is 264 g/mol. The molecule has 1 aromatic carbocycles. The number of para-hydroxylation sites is 2. The van der Waals surface area contributed by atoms with Crippen LogP contribution in [0.25, 0.3) is 0 Å². The van der Waals surface area contributed by atoms with Crippen LogP contribution in [0.15, 0.2) is 29.3 Å². The van der Waals surface area contributed by atoms with Gasteiger partial charge in [0.15, 0.2) is 0 Å². The third kappa shape index (κ3) is 3.59. The van der Waals surface area contributed by atoms with Gasteiger partial charge in [0.25, 0.3) is 0 Å². The maximum Gasteiger partial charge on any atom is 0.0860 e. The molecule has 108 valence electrons. The lowest BCUT2D eigenvalue weighted by atomic mass is 9.99.